The molecular weight excluding hydrogens is 652 g/mol. The van der Waals surface area contributed by atoms with Gasteiger partial charge in [-0.1, -0.05) is 59.9 Å². The van der Waals surface area contributed by atoms with E-state index in [1.54, 1.807) is 0 Å². The van der Waals surface area contributed by atoms with Crippen LogP contribution in [0, 0.1) is 13.8 Å². The second-order valence-corrected chi connectivity index (χ2v) is 11.3. The normalized spacial score (nSPS) is 11.4. The number of aryl methyl sites for hydroxylation is 2. The third-order valence-corrected chi connectivity index (χ3v) is 7.77. The van der Waals surface area contributed by atoms with Crippen molar-refractivity contribution in [2.24, 2.45) is 0 Å². The fraction of sp³-hybridized carbons (Fsp3) is 0.111. The SMILES string of the molecule is Cc1[nH]n(-c2ccc(Br)cc2)c(=O)c1C(c1ccc(Br)cc1)c1c(C)[nH]n(-c2ccc(Br)cc2)c1=O. The molecule has 2 heterocycles. The van der Waals surface area contributed by atoms with Crippen molar-refractivity contribution < 1.29 is 0 Å². The van der Waals surface area contributed by atoms with Crippen molar-refractivity contribution in [2.75, 3.05) is 0 Å². The van der Waals surface area contributed by atoms with Crippen molar-refractivity contribution in [1.29, 1.82) is 0 Å². The van der Waals surface area contributed by atoms with Crippen LogP contribution >= 0.6 is 47.8 Å². The average molecular weight is 673 g/mol. The highest BCUT2D eigenvalue weighted by Crippen LogP contribution is 2.33. The van der Waals surface area contributed by atoms with Crippen LogP contribution in [0.2, 0.25) is 0 Å². The Hall–Kier alpha value is -2.88. The lowest BCUT2D eigenvalue weighted by Gasteiger charge is -2.16. The smallest absolute Gasteiger partial charge is 0.275 e. The zero-order valence-corrected chi connectivity index (χ0v) is 24.1. The Morgan fingerprint density at radius 3 is 1.28 bits per heavy atom. The summed E-state index contributed by atoms with van der Waals surface area (Å²) < 4.78 is 5.82. The minimum absolute atomic E-state index is 0.196. The van der Waals surface area contributed by atoms with Crippen molar-refractivity contribution in [2.45, 2.75) is 19.8 Å². The van der Waals surface area contributed by atoms with Gasteiger partial charge >= 0.3 is 0 Å². The van der Waals surface area contributed by atoms with Gasteiger partial charge in [0.15, 0.2) is 0 Å². The molecule has 0 amide bonds. The number of aromatic nitrogens is 4. The summed E-state index contributed by atoms with van der Waals surface area (Å²) in [6.07, 6.45) is 0. The fourth-order valence-corrected chi connectivity index (χ4v) is 5.27. The lowest BCUT2D eigenvalue weighted by Crippen LogP contribution is -2.25. The summed E-state index contributed by atoms with van der Waals surface area (Å²) in [5.41, 5.74) is 4.34. The minimum Gasteiger partial charge on any atom is -0.295 e. The van der Waals surface area contributed by atoms with Crippen molar-refractivity contribution in [3.05, 3.63) is 135 Å². The van der Waals surface area contributed by atoms with Crippen molar-refractivity contribution in [3.63, 3.8) is 0 Å². The summed E-state index contributed by atoms with van der Waals surface area (Å²) in [7, 11) is 0. The lowest BCUT2D eigenvalue weighted by atomic mass is 9.85. The number of nitrogens with zero attached hydrogens (tertiary/aromatic N) is 2. The number of rotatable bonds is 5. The van der Waals surface area contributed by atoms with Gasteiger partial charge < -0.3 is 0 Å². The second kappa shape index (κ2) is 9.88. The van der Waals surface area contributed by atoms with E-state index in [9.17, 15) is 9.59 Å². The van der Waals surface area contributed by atoms with Crippen LogP contribution in [0.15, 0.2) is 95.8 Å². The predicted molar refractivity (Wildman–Crippen MR) is 153 cm³/mol. The molecule has 6 nitrogen and oxygen atoms in total. The summed E-state index contributed by atoms with van der Waals surface area (Å²) in [6, 6.07) is 22.7. The maximum absolute atomic E-state index is 13.9. The maximum Gasteiger partial charge on any atom is 0.275 e. The molecule has 182 valence electrons. The van der Waals surface area contributed by atoms with Gasteiger partial charge in [-0.3, -0.25) is 19.8 Å². The number of aromatic amines is 2. The van der Waals surface area contributed by atoms with Gasteiger partial charge in [0.2, 0.25) is 0 Å². The summed E-state index contributed by atoms with van der Waals surface area (Å²) in [5, 5.41) is 6.44. The van der Waals surface area contributed by atoms with Crippen LogP contribution in [0.3, 0.4) is 0 Å². The van der Waals surface area contributed by atoms with E-state index >= 15 is 0 Å². The van der Waals surface area contributed by atoms with E-state index in [1.165, 1.54) is 9.36 Å². The Balaban J connectivity index is 1.75. The highest BCUT2D eigenvalue weighted by molar-refractivity contribution is 9.11. The molecule has 0 aliphatic carbocycles. The molecule has 0 saturated heterocycles. The average Bonchev–Trinajstić information content (AvgIpc) is 3.32. The summed E-state index contributed by atoms with van der Waals surface area (Å²) in [6.45, 7) is 3.74. The highest BCUT2D eigenvalue weighted by Gasteiger charge is 2.30. The first-order valence-corrected chi connectivity index (χ1v) is 13.5. The molecule has 3 aromatic carbocycles. The summed E-state index contributed by atoms with van der Waals surface area (Å²) >= 11 is 10.4. The first-order chi connectivity index (χ1) is 17.2. The fourth-order valence-electron chi connectivity index (χ4n) is 4.48. The molecule has 0 spiro atoms. The van der Waals surface area contributed by atoms with E-state index in [2.05, 4.69) is 58.0 Å². The van der Waals surface area contributed by atoms with Gasteiger partial charge in [0.25, 0.3) is 11.1 Å². The molecule has 5 aromatic rings. The number of hydrogen-bond donors (Lipinski definition) is 2. The van der Waals surface area contributed by atoms with Gasteiger partial charge in [-0.25, -0.2) is 9.36 Å². The Morgan fingerprint density at radius 2 is 0.917 bits per heavy atom. The van der Waals surface area contributed by atoms with E-state index in [-0.39, 0.29) is 11.1 Å². The molecule has 0 bridgehead atoms. The van der Waals surface area contributed by atoms with E-state index < -0.39 is 5.92 Å². The third kappa shape index (κ3) is 4.51. The molecule has 0 atom stereocenters. The Morgan fingerprint density at radius 1 is 0.583 bits per heavy atom. The molecule has 0 fully saturated rings. The molecule has 9 heteroatoms. The molecule has 0 aliphatic rings. The van der Waals surface area contributed by atoms with Crippen LogP contribution in [-0.2, 0) is 0 Å². The first-order valence-electron chi connectivity index (χ1n) is 11.1. The van der Waals surface area contributed by atoms with Crippen molar-refractivity contribution in [3.8, 4) is 11.4 Å². The first kappa shape index (κ1) is 24.8. The Kier molecular flexibility index (Phi) is 6.80. The van der Waals surface area contributed by atoms with Crippen molar-refractivity contribution >= 4 is 47.8 Å². The standard InChI is InChI=1S/C27H21Br3N4O2/c1-15-23(26(35)33(31-15)21-11-7-19(29)8-12-21)25(17-3-5-18(28)6-4-17)24-16(2)32-34(27(24)36)22-13-9-20(30)10-14-22/h3-14,25,31-32H,1-2H3. The lowest BCUT2D eigenvalue weighted by molar-refractivity contribution is 0.830. The summed E-state index contributed by atoms with van der Waals surface area (Å²) in [5.74, 6) is -0.570. The van der Waals surface area contributed by atoms with Crippen LogP contribution in [-0.4, -0.2) is 19.6 Å². The van der Waals surface area contributed by atoms with E-state index in [0.717, 1.165) is 19.0 Å². The Labute approximate surface area is 232 Å². The van der Waals surface area contributed by atoms with Crippen LogP contribution in [0.4, 0.5) is 0 Å². The molecule has 36 heavy (non-hydrogen) atoms. The van der Waals surface area contributed by atoms with E-state index in [4.69, 9.17) is 0 Å². The molecular formula is C27H21Br3N4O2. The maximum atomic E-state index is 13.9. The third-order valence-electron chi connectivity index (χ3n) is 6.18. The van der Waals surface area contributed by atoms with Crippen LogP contribution in [0.1, 0.15) is 34.0 Å². The molecule has 2 aromatic heterocycles. The molecule has 2 N–H and O–H groups in total. The van der Waals surface area contributed by atoms with Gasteiger partial charge in [0, 0.05) is 30.7 Å². The second-order valence-electron chi connectivity index (χ2n) is 8.52. The van der Waals surface area contributed by atoms with Gasteiger partial charge in [-0.15, -0.1) is 0 Å². The van der Waals surface area contributed by atoms with Gasteiger partial charge in [0.05, 0.1) is 22.5 Å². The molecule has 0 unspecified atom stereocenters. The molecule has 5 rings (SSSR count). The molecule has 0 aliphatic heterocycles. The van der Waals surface area contributed by atoms with Crippen LogP contribution in [0.25, 0.3) is 11.4 Å². The highest BCUT2D eigenvalue weighted by atomic mass is 79.9. The Bertz CT molecular complexity index is 1560. The van der Waals surface area contributed by atoms with E-state index in [0.29, 0.717) is 33.9 Å². The number of nitrogens with one attached hydrogen (secondary N) is 2. The number of H-pyrrole nitrogens is 2. The van der Waals surface area contributed by atoms with E-state index in [1.807, 2.05) is 86.6 Å². The quantitative estimate of drug-likeness (QED) is 0.217. The minimum atomic E-state index is -0.570. The number of hydrogen-bond acceptors (Lipinski definition) is 2. The zero-order chi connectivity index (χ0) is 25.6. The van der Waals surface area contributed by atoms with Gasteiger partial charge in [-0.2, -0.15) is 0 Å². The van der Waals surface area contributed by atoms with Crippen LogP contribution < -0.4 is 11.1 Å². The summed E-state index contributed by atoms with van der Waals surface area (Å²) in [4.78, 5) is 27.7. The van der Waals surface area contributed by atoms with Gasteiger partial charge in [0.1, 0.15) is 0 Å². The van der Waals surface area contributed by atoms with Crippen molar-refractivity contribution in [1.82, 2.24) is 19.6 Å². The van der Waals surface area contributed by atoms with Crippen LogP contribution in [0.5, 0.6) is 0 Å². The number of benzene rings is 3. The topological polar surface area (TPSA) is 75.6 Å². The predicted octanol–water partition coefficient (Wildman–Crippen LogP) is 6.73. The molecule has 0 saturated carbocycles. The largest absolute Gasteiger partial charge is 0.295 e. The molecule has 0 radical (unpaired) electrons. The zero-order valence-electron chi connectivity index (χ0n) is 19.4. The monoisotopic (exact) mass is 670 g/mol. The van der Waals surface area contributed by atoms with Gasteiger partial charge in [-0.05, 0) is 80.1 Å². The number of halogens is 3.